The van der Waals surface area contributed by atoms with Gasteiger partial charge in [0.25, 0.3) is 0 Å². The first kappa shape index (κ1) is 18.3. The highest BCUT2D eigenvalue weighted by atomic mass is 35.5. The summed E-state index contributed by atoms with van der Waals surface area (Å²) in [4.78, 5) is 0.909. The lowest BCUT2D eigenvalue weighted by Gasteiger charge is -2.47. The van der Waals surface area contributed by atoms with Gasteiger partial charge in [-0.3, -0.25) is 0 Å². The number of hydrogen-bond donors (Lipinski definition) is 2. The van der Waals surface area contributed by atoms with Crippen LogP contribution in [0.4, 0.5) is 0 Å². The average Bonchev–Trinajstić information content (AvgIpc) is 2.66. The molecule has 7 heteroatoms. The molecule has 26 heavy (non-hydrogen) atoms. The van der Waals surface area contributed by atoms with Gasteiger partial charge in [-0.25, -0.2) is 0 Å². The molecule has 0 amide bonds. The third-order valence-electron chi connectivity index (χ3n) is 4.54. The number of thioether (sulfide) groups is 1. The Morgan fingerprint density at radius 2 is 1.88 bits per heavy atom. The van der Waals surface area contributed by atoms with Gasteiger partial charge in [-0.15, -0.1) is 0 Å². The van der Waals surface area contributed by atoms with Gasteiger partial charge in [0.15, 0.2) is 6.29 Å². The molecule has 2 heterocycles. The molecule has 2 aromatic carbocycles. The molecule has 0 aliphatic carbocycles. The summed E-state index contributed by atoms with van der Waals surface area (Å²) >= 11 is 7.43. The van der Waals surface area contributed by atoms with Crippen LogP contribution < -0.4 is 5.73 Å². The Hall–Kier alpha value is -1.12. The fraction of sp³-hybridized carbons (Fsp3) is 0.368. The molecule has 6 unspecified atom stereocenters. The Bertz CT molecular complexity index is 747. The second-order valence-corrected chi connectivity index (χ2v) is 7.97. The van der Waals surface area contributed by atoms with Crippen molar-refractivity contribution in [3.05, 3.63) is 65.2 Å². The Kier molecular flexibility index (Phi) is 5.52. The van der Waals surface area contributed by atoms with Gasteiger partial charge in [0.2, 0.25) is 0 Å². The van der Waals surface area contributed by atoms with Crippen LogP contribution in [0.15, 0.2) is 59.5 Å². The molecule has 0 saturated carbocycles. The zero-order valence-electron chi connectivity index (χ0n) is 13.9. The Labute approximate surface area is 161 Å². The van der Waals surface area contributed by atoms with E-state index in [9.17, 15) is 5.11 Å². The van der Waals surface area contributed by atoms with E-state index in [1.54, 1.807) is 6.07 Å². The highest BCUT2D eigenvalue weighted by Crippen LogP contribution is 2.38. The van der Waals surface area contributed by atoms with Crippen LogP contribution in [0.25, 0.3) is 0 Å². The maximum atomic E-state index is 10.6. The summed E-state index contributed by atoms with van der Waals surface area (Å²) in [5.41, 5.74) is 6.71. The van der Waals surface area contributed by atoms with E-state index in [0.717, 1.165) is 10.5 Å². The number of aliphatic hydroxyl groups is 1. The molecule has 6 atom stereocenters. The van der Waals surface area contributed by atoms with Crippen molar-refractivity contribution in [1.82, 2.24) is 0 Å². The van der Waals surface area contributed by atoms with E-state index in [4.69, 9.17) is 31.5 Å². The number of aliphatic hydroxyl groups excluding tert-OH is 1. The van der Waals surface area contributed by atoms with Crippen molar-refractivity contribution >= 4 is 23.4 Å². The molecular weight excluding hydrogens is 374 g/mol. The van der Waals surface area contributed by atoms with Crippen LogP contribution in [0.1, 0.15) is 11.9 Å². The van der Waals surface area contributed by atoms with Crippen molar-refractivity contribution in [3.8, 4) is 0 Å². The predicted octanol–water partition coefficient (Wildman–Crippen LogP) is 2.96. The van der Waals surface area contributed by atoms with E-state index >= 15 is 0 Å². The van der Waals surface area contributed by atoms with Gasteiger partial charge in [0.1, 0.15) is 23.7 Å². The van der Waals surface area contributed by atoms with Gasteiger partial charge in [0, 0.05) is 15.5 Å². The van der Waals surface area contributed by atoms with E-state index in [1.165, 1.54) is 11.8 Å². The first-order chi connectivity index (χ1) is 12.6. The van der Waals surface area contributed by atoms with Crippen LogP contribution in [0.2, 0.25) is 5.02 Å². The van der Waals surface area contributed by atoms with Crippen LogP contribution >= 0.6 is 23.4 Å². The van der Waals surface area contributed by atoms with Crippen molar-refractivity contribution in [2.75, 3.05) is 6.61 Å². The molecular formula is C19H20ClNO4S. The number of hydrogen-bond acceptors (Lipinski definition) is 6. The molecule has 2 aliphatic rings. The van der Waals surface area contributed by atoms with Gasteiger partial charge in [0.05, 0.1) is 12.6 Å². The standard InChI is InChI=1S/C19H20ClNO4S/c20-12-7-4-8-13(9-12)26-19-16(22)15(21)17-14(24-19)10-23-18(25-17)11-5-2-1-3-6-11/h1-9,14-19,22H,10,21H2. The third-order valence-corrected chi connectivity index (χ3v) is 5.92. The highest BCUT2D eigenvalue weighted by molar-refractivity contribution is 7.99. The summed E-state index contributed by atoms with van der Waals surface area (Å²) in [5.74, 6) is 0. The molecule has 0 spiro atoms. The van der Waals surface area contributed by atoms with Crippen LogP contribution in [0.5, 0.6) is 0 Å². The molecule has 0 bridgehead atoms. The number of benzene rings is 2. The number of nitrogens with two attached hydrogens (primary N) is 1. The number of halogens is 1. The van der Waals surface area contributed by atoms with Gasteiger partial charge in [-0.2, -0.15) is 0 Å². The topological polar surface area (TPSA) is 73.9 Å². The minimum absolute atomic E-state index is 0.329. The highest BCUT2D eigenvalue weighted by Gasteiger charge is 2.48. The van der Waals surface area contributed by atoms with Crippen molar-refractivity contribution in [3.63, 3.8) is 0 Å². The molecule has 0 aromatic heterocycles. The van der Waals surface area contributed by atoms with Crippen molar-refractivity contribution in [2.24, 2.45) is 5.73 Å². The summed E-state index contributed by atoms with van der Waals surface area (Å²) < 4.78 is 17.9. The summed E-state index contributed by atoms with van der Waals surface area (Å²) in [6, 6.07) is 16.5. The molecule has 3 N–H and O–H groups in total. The summed E-state index contributed by atoms with van der Waals surface area (Å²) in [5, 5.41) is 11.3. The van der Waals surface area contributed by atoms with E-state index in [1.807, 2.05) is 48.5 Å². The smallest absolute Gasteiger partial charge is 0.184 e. The largest absolute Gasteiger partial charge is 0.388 e. The fourth-order valence-electron chi connectivity index (χ4n) is 3.19. The van der Waals surface area contributed by atoms with Crippen LogP contribution in [0.3, 0.4) is 0 Å². The molecule has 2 aliphatic heterocycles. The number of ether oxygens (including phenoxy) is 3. The SMILES string of the molecule is NC1C(O)C(Sc2cccc(Cl)c2)OC2COC(c3ccccc3)OC21. The predicted molar refractivity (Wildman–Crippen MR) is 100.0 cm³/mol. The first-order valence-corrected chi connectivity index (χ1v) is 9.71. The molecule has 2 fully saturated rings. The normalized spacial score (nSPS) is 34.3. The summed E-state index contributed by atoms with van der Waals surface area (Å²) in [7, 11) is 0. The molecule has 2 aromatic rings. The first-order valence-electron chi connectivity index (χ1n) is 8.45. The molecule has 5 nitrogen and oxygen atoms in total. The minimum Gasteiger partial charge on any atom is -0.388 e. The monoisotopic (exact) mass is 393 g/mol. The lowest BCUT2D eigenvalue weighted by molar-refractivity contribution is -0.297. The second kappa shape index (κ2) is 7.86. The third kappa shape index (κ3) is 3.77. The van der Waals surface area contributed by atoms with Gasteiger partial charge < -0.3 is 25.1 Å². The van der Waals surface area contributed by atoms with Gasteiger partial charge in [-0.1, -0.05) is 59.8 Å². The van der Waals surface area contributed by atoms with E-state index in [-0.39, 0.29) is 6.10 Å². The van der Waals surface area contributed by atoms with Crippen LogP contribution in [-0.4, -0.2) is 41.5 Å². The average molecular weight is 394 g/mol. The van der Waals surface area contributed by atoms with Crippen LogP contribution in [0, 0.1) is 0 Å². The van der Waals surface area contributed by atoms with E-state index in [0.29, 0.717) is 11.6 Å². The Morgan fingerprint density at radius 1 is 1.08 bits per heavy atom. The fourth-order valence-corrected chi connectivity index (χ4v) is 4.58. The second-order valence-electron chi connectivity index (χ2n) is 6.36. The number of fused-ring (bicyclic) bond motifs is 1. The molecule has 2 saturated heterocycles. The maximum Gasteiger partial charge on any atom is 0.184 e. The van der Waals surface area contributed by atoms with E-state index in [2.05, 4.69) is 0 Å². The zero-order chi connectivity index (χ0) is 18.1. The quantitative estimate of drug-likeness (QED) is 0.835. The van der Waals surface area contributed by atoms with E-state index < -0.39 is 30.0 Å². The van der Waals surface area contributed by atoms with Crippen molar-refractivity contribution < 1.29 is 19.3 Å². The van der Waals surface area contributed by atoms with Crippen molar-refractivity contribution in [2.45, 2.75) is 41.0 Å². The summed E-state index contributed by atoms with van der Waals surface area (Å²) in [6.07, 6.45) is -2.13. The Balaban J connectivity index is 1.46. The zero-order valence-corrected chi connectivity index (χ0v) is 15.5. The number of rotatable bonds is 3. The lowest BCUT2D eigenvalue weighted by Crippen LogP contribution is -2.64. The molecule has 4 rings (SSSR count). The van der Waals surface area contributed by atoms with Crippen molar-refractivity contribution in [1.29, 1.82) is 0 Å². The van der Waals surface area contributed by atoms with Gasteiger partial charge >= 0.3 is 0 Å². The maximum absolute atomic E-state index is 10.6. The molecule has 138 valence electrons. The Morgan fingerprint density at radius 3 is 2.65 bits per heavy atom. The van der Waals surface area contributed by atoms with Gasteiger partial charge in [-0.05, 0) is 18.2 Å². The molecule has 0 radical (unpaired) electrons. The lowest BCUT2D eigenvalue weighted by atomic mass is 9.97. The minimum atomic E-state index is -0.866. The summed E-state index contributed by atoms with van der Waals surface area (Å²) in [6.45, 7) is 0.358. The van der Waals surface area contributed by atoms with Crippen LogP contribution in [-0.2, 0) is 14.2 Å².